The molecule has 0 saturated heterocycles. The molecule has 100 valence electrons. The Hall–Kier alpha value is 2.08. The van der Waals surface area contributed by atoms with Gasteiger partial charge in [-0.2, -0.15) is 0 Å². The van der Waals surface area contributed by atoms with Crippen LogP contribution in [-0.4, -0.2) is 227 Å². The van der Waals surface area contributed by atoms with Crippen molar-refractivity contribution in [2.24, 2.45) is 0 Å². The average Bonchev–Trinajstić information content (AvgIpc) is 2.57. The van der Waals surface area contributed by atoms with Crippen molar-refractivity contribution in [2.45, 2.75) is 0 Å². The molecule has 0 spiro atoms. The van der Waals surface area contributed by atoms with Gasteiger partial charge in [-0.15, -0.1) is 6.39 Å². The summed E-state index contributed by atoms with van der Waals surface area (Å²) in [5.41, 5.74) is 0. The largest absolute Gasteiger partial charge is 0.128 e. The Morgan fingerprint density at radius 3 is 0.625 bits per heavy atom. The fourth-order valence-corrected chi connectivity index (χ4v) is 4.75. The van der Waals surface area contributed by atoms with Crippen LogP contribution in [0.25, 0.3) is 0 Å². The van der Waals surface area contributed by atoms with E-state index in [9.17, 15) is 0 Å². The summed E-state index contributed by atoms with van der Waals surface area (Å²) in [5, 5.41) is 0. The predicted octanol–water partition coefficient (Wildman–Crippen LogP) is -13.0. The molecule has 0 atom stereocenters. The molecular formula is H3B32-. The standard InChI is InChI=1S/B32H3/c1-18(2)26(17)30(25(15)16)32(29(23(11)12)24(13)14)31(27(19(3)4)20(5)6)28(21(7)8)22(9)10/h1H3/q-1. The zero-order valence-corrected chi connectivity index (χ0v) is 17.9. The molecule has 0 aliphatic carbocycles. The van der Waals surface area contributed by atoms with Crippen molar-refractivity contribution in [1.29, 1.82) is 0 Å². The molecule has 0 N–H and O–H groups in total. The first-order valence-electron chi connectivity index (χ1n) is 10.0. The monoisotopic (exact) mass is 355 g/mol. The first kappa shape index (κ1) is 34.1. The van der Waals surface area contributed by atoms with Crippen molar-refractivity contribution in [1.82, 2.24) is 0 Å². The van der Waals surface area contributed by atoms with Crippen molar-refractivity contribution >= 4 is 227 Å². The molecule has 0 aliphatic heterocycles. The van der Waals surface area contributed by atoms with Crippen molar-refractivity contribution in [3.8, 4) is 0 Å². The number of rotatable bonds is 14. The van der Waals surface area contributed by atoms with Crippen molar-refractivity contribution in [3.63, 3.8) is 0 Å². The second-order valence-electron chi connectivity index (χ2n) is 8.28. The number of hydrogen-bond acceptors (Lipinski definition) is 0. The van der Waals surface area contributed by atoms with Gasteiger partial charge in [-0.05, 0) is 213 Å². The number of hydrogen-bond donors (Lipinski definition) is 0. The van der Waals surface area contributed by atoms with Crippen molar-refractivity contribution in [2.75, 3.05) is 0 Å². The van der Waals surface area contributed by atoms with Gasteiger partial charge in [0.1, 0.15) is 0 Å². The Morgan fingerprint density at radius 2 is 0.469 bits per heavy atom. The van der Waals surface area contributed by atoms with Crippen LogP contribution in [0, 0.1) is 0 Å². The molecule has 0 amide bonds. The van der Waals surface area contributed by atoms with E-state index in [2.05, 4.69) is 0 Å². The molecule has 0 heterocycles. The summed E-state index contributed by atoms with van der Waals surface area (Å²) in [6, 6.07) is 0. The quantitative estimate of drug-likeness (QED) is 0.274. The summed E-state index contributed by atoms with van der Waals surface area (Å²) in [7, 11) is 98.1. The Bertz CT molecular complexity index is 434. The Balaban J connectivity index is 7.33. The van der Waals surface area contributed by atoms with Gasteiger partial charge in [-0.3, -0.25) is 0 Å². The van der Waals surface area contributed by atoms with E-state index in [0.29, 0.717) is 0 Å². The van der Waals surface area contributed by atoms with Gasteiger partial charge in [0.2, 0.25) is 0 Å². The van der Waals surface area contributed by atoms with Crippen molar-refractivity contribution in [3.05, 3.63) is 0 Å². The second kappa shape index (κ2) is 15.4. The maximum Gasteiger partial charge on any atom is -0.0000000000000851 e. The van der Waals surface area contributed by atoms with E-state index in [0.717, 1.165) is 0 Å². The zero-order valence-electron chi connectivity index (χ0n) is 17.9. The molecule has 0 aromatic carbocycles. The average molecular weight is 349 g/mol. The van der Waals surface area contributed by atoms with Crippen LogP contribution < -0.4 is 0 Å². The molecule has 0 rings (SSSR count). The Morgan fingerprint density at radius 1 is 0.281 bits per heavy atom. The van der Waals surface area contributed by atoms with E-state index in [1.807, 2.05) is 0 Å². The summed E-state index contributed by atoms with van der Waals surface area (Å²) in [6.45, 7) is 0. The minimum absolute atomic E-state index is 0.311. The Labute approximate surface area is 226 Å². The summed E-state index contributed by atoms with van der Waals surface area (Å²) in [5.74, 6) is 0. The molecule has 32 radical (unpaired) electrons. The van der Waals surface area contributed by atoms with Crippen LogP contribution in [0.5, 0.6) is 0 Å². The van der Waals surface area contributed by atoms with Crippen LogP contribution in [0.4, 0.5) is 0 Å². The van der Waals surface area contributed by atoms with Gasteiger partial charge in [-0.1, -0.05) is 7.74 Å². The molecule has 0 nitrogen and oxygen atoms in total. The molecule has 0 saturated carbocycles. The van der Waals surface area contributed by atoms with Gasteiger partial charge in [0.25, 0.3) is 0 Å². The zero-order chi connectivity index (χ0) is 25.7. The lowest BCUT2D eigenvalue weighted by molar-refractivity contribution is 3.25. The molecule has 0 aromatic rings. The highest BCUT2D eigenvalue weighted by Gasteiger charge is 2.52. The van der Waals surface area contributed by atoms with Gasteiger partial charge in [0.05, 0.1) is 0 Å². The molecule has 32 heteroatoms. The van der Waals surface area contributed by atoms with E-state index in [-0.39, 0.29) is 6.39 Å². The van der Waals surface area contributed by atoms with Crippen LogP contribution >= 0.6 is 0 Å². The molecule has 0 bridgehead atoms. The maximum absolute atomic E-state index is 6.51. The fourth-order valence-electron chi connectivity index (χ4n) is 4.75. The van der Waals surface area contributed by atoms with Crippen LogP contribution in [-0.2, 0) is 0 Å². The predicted molar refractivity (Wildman–Crippen MR) is 188 cm³/mol. The molecule has 0 aliphatic rings. The third-order valence-electron chi connectivity index (χ3n) is 6.00. The van der Waals surface area contributed by atoms with Gasteiger partial charge in [-0.25, -0.2) is 0 Å². The molecular weight excluding hydrogens is 346 g/mol. The van der Waals surface area contributed by atoms with Gasteiger partial charge < -0.3 is 0 Å². The SMILES string of the molecule is [B]B([B])B(B([B])[B])B(B(B([B])[B])B([B])[B])B(B(B([B])[B])B([B])[B])B(B([B])[B])B([B])B([B])[BH3-]. The van der Waals surface area contributed by atoms with E-state index in [1.54, 1.807) is 0 Å². The summed E-state index contributed by atoms with van der Waals surface area (Å²) in [4.78, 5) is 0. The van der Waals surface area contributed by atoms with Crippen LogP contribution in [0.15, 0.2) is 0 Å². The van der Waals surface area contributed by atoms with Gasteiger partial charge in [0, 0.05) is 0 Å². The fraction of sp³-hybridized carbons (Fsp3) is 0. The third kappa shape index (κ3) is 9.19. The van der Waals surface area contributed by atoms with E-state index in [4.69, 9.17) is 124 Å². The minimum atomic E-state index is -1.05. The normalized spacial score (nSPS) is 9.53. The lowest BCUT2D eigenvalue weighted by Gasteiger charge is -2.51. The first-order chi connectivity index (χ1) is 14.5. The van der Waals surface area contributed by atoms with Crippen LogP contribution in [0.3, 0.4) is 0 Å². The Kier molecular flexibility index (Phi) is 16.4. The maximum atomic E-state index is 6.51. The summed E-state index contributed by atoms with van der Waals surface area (Å²) < 4.78 is 0. The molecule has 0 fully saturated rings. The molecule has 0 unspecified atom stereocenters. The minimum Gasteiger partial charge on any atom is -0.128 e. The lowest BCUT2D eigenvalue weighted by Crippen LogP contribution is -2.89. The second-order valence-corrected chi connectivity index (χ2v) is 8.28. The van der Waals surface area contributed by atoms with Gasteiger partial charge in [0.15, 0.2) is 0 Å². The molecule has 32 heavy (non-hydrogen) atoms. The van der Waals surface area contributed by atoms with Crippen molar-refractivity contribution < 1.29 is 0 Å². The van der Waals surface area contributed by atoms with E-state index < -0.39 is 97.1 Å². The first-order valence-corrected chi connectivity index (χ1v) is 10.0. The van der Waals surface area contributed by atoms with Gasteiger partial charge >= 0.3 is 0 Å². The third-order valence-corrected chi connectivity index (χ3v) is 6.00. The van der Waals surface area contributed by atoms with Crippen LogP contribution in [0.2, 0.25) is 0 Å². The summed E-state index contributed by atoms with van der Waals surface area (Å²) in [6.07, 6.45) is -13.1. The smallest absolute Gasteiger partial charge is 0.0000000000000851 e. The topological polar surface area (TPSA) is 0 Å². The lowest BCUT2D eigenvalue weighted by atomic mass is 8.30. The highest BCUT2D eigenvalue weighted by atomic mass is 13.3. The summed E-state index contributed by atoms with van der Waals surface area (Å²) >= 11 is 0. The molecule has 0 aromatic heterocycles. The van der Waals surface area contributed by atoms with E-state index in [1.165, 1.54) is 0 Å². The highest BCUT2D eigenvalue weighted by molar-refractivity contribution is 8.28. The van der Waals surface area contributed by atoms with Crippen LogP contribution in [0.1, 0.15) is 0 Å². The highest BCUT2D eigenvalue weighted by Crippen LogP contribution is 2.15. The van der Waals surface area contributed by atoms with E-state index >= 15 is 0 Å².